The van der Waals surface area contributed by atoms with E-state index in [1.54, 1.807) is 6.20 Å². The molecule has 1 aliphatic heterocycles. The molecule has 6 nitrogen and oxygen atoms in total. The third-order valence-corrected chi connectivity index (χ3v) is 5.06. The predicted molar refractivity (Wildman–Crippen MR) is 85.6 cm³/mol. The highest BCUT2D eigenvalue weighted by Gasteiger charge is 2.32. The van der Waals surface area contributed by atoms with Gasteiger partial charge in [-0.1, -0.05) is 18.2 Å². The van der Waals surface area contributed by atoms with Gasteiger partial charge in [-0.05, 0) is 30.9 Å². The van der Waals surface area contributed by atoms with Crippen molar-refractivity contribution in [1.29, 1.82) is 0 Å². The van der Waals surface area contributed by atoms with Crippen LogP contribution in [-0.4, -0.2) is 43.1 Å². The summed E-state index contributed by atoms with van der Waals surface area (Å²) < 4.78 is 2.13. The predicted octanol–water partition coefficient (Wildman–Crippen LogP) is 1.74. The number of hydrogen-bond acceptors (Lipinski definition) is 5. The van der Waals surface area contributed by atoms with E-state index < -0.39 is 6.10 Å². The fraction of sp³-hybridized carbons (Fsp3) is 0.588. The third-order valence-electron chi connectivity index (χ3n) is 5.06. The van der Waals surface area contributed by atoms with E-state index in [9.17, 15) is 5.11 Å². The second kappa shape index (κ2) is 6.02. The van der Waals surface area contributed by atoms with Gasteiger partial charge in [0.05, 0.1) is 23.1 Å². The van der Waals surface area contributed by atoms with Gasteiger partial charge in [-0.3, -0.25) is 9.88 Å². The third kappa shape index (κ3) is 2.88. The minimum absolute atomic E-state index is 0.516. The standard InChI is InChI=1S/C17H23N5O/c1-12-8-13(9-12)22-16-10-21(7-5-14(16)19-20-22)11-17(23)15-4-2-3-6-18-15/h2-4,6,12-13,17,23H,5,7-11H2,1H3. The van der Waals surface area contributed by atoms with Crippen LogP contribution < -0.4 is 0 Å². The molecule has 3 heterocycles. The summed E-state index contributed by atoms with van der Waals surface area (Å²) in [6, 6.07) is 6.17. The maximum atomic E-state index is 10.4. The van der Waals surface area contributed by atoms with E-state index >= 15 is 0 Å². The van der Waals surface area contributed by atoms with Crippen LogP contribution in [0.2, 0.25) is 0 Å². The zero-order valence-corrected chi connectivity index (χ0v) is 13.5. The highest BCUT2D eigenvalue weighted by Crippen LogP contribution is 2.38. The van der Waals surface area contributed by atoms with E-state index in [0.29, 0.717) is 12.6 Å². The molecule has 0 spiro atoms. The fourth-order valence-electron chi connectivity index (χ4n) is 3.68. The van der Waals surface area contributed by atoms with Crippen molar-refractivity contribution in [1.82, 2.24) is 24.9 Å². The molecular weight excluding hydrogens is 290 g/mol. The van der Waals surface area contributed by atoms with Gasteiger partial charge >= 0.3 is 0 Å². The zero-order chi connectivity index (χ0) is 15.8. The number of hydrogen-bond donors (Lipinski definition) is 1. The molecule has 6 heteroatoms. The Balaban J connectivity index is 1.45. The number of β-amino-alcohol motifs (C(OH)–C–C–N with tert-alkyl or cyclic N) is 1. The molecule has 2 aromatic rings. The Morgan fingerprint density at radius 3 is 2.96 bits per heavy atom. The molecule has 1 unspecified atom stereocenters. The summed E-state index contributed by atoms with van der Waals surface area (Å²) in [4.78, 5) is 6.53. The van der Waals surface area contributed by atoms with Crippen LogP contribution in [0.1, 0.15) is 49.0 Å². The Labute approximate surface area is 136 Å². The zero-order valence-electron chi connectivity index (χ0n) is 13.5. The molecule has 4 rings (SSSR count). The molecule has 0 bridgehead atoms. The van der Waals surface area contributed by atoms with Crippen LogP contribution in [0, 0.1) is 5.92 Å². The summed E-state index contributed by atoms with van der Waals surface area (Å²) in [5, 5.41) is 19.2. The number of aliphatic hydroxyl groups excluding tert-OH is 1. The average molecular weight is 313 g/mol. The summed E-state index contributed by atoms with van der Waals surface area (Å²) in [7, 11) is 0. The summed E-state index contributed by atoms with van der Waals surface area (Å²) in [5.74, 6) is 0.797. The molecule has 0 radical (unpaired) electrons. The topological polar surface area (TPSA) is 67.1 Å². The van der Waals surface area contributed by atoms with Crippen molar-refractivity contribution >= 4 is 0 Å². The van der Waals surface area contributed by atoms with E-state index in [1.807, 2.05) is 18.2 Å². The minimum atomic E-state index is -0.550. The van der Waals surface area contributed by atoms with Crippen LogP contribution in [0.25, 0.3) is 0 Å². The van der Waals surface area contributed by atoms with Crippen molar-refractivity contribution in [3.63, 3.8) is 0 Å². The molecule has 122 valence electrons. The molecule has 2 aliphatic rings. The Morgan fingerprint density at radius 2 is 2.22 bits per heavy atom. The van der Waals surface area contributed by atoms with Gasteiger partial charge in [0.2, 0.25) is 0 Å². The molecule has 2 aromatic heterocycles. The lowest BCUT2D eigenvalue weighted by molar-refractivity contribution is 0.0981. The first kappa shape index (κ1) is 14.8. The Morgan fingerprint density at radius 1 is 1.35 bits per heavy atom. The van der Waals surface area contributed by atoms with Gasteiger partial charge in [0.25, 0.3) is 0 Å². The molecule has 1 aliphatic carbocycles. The second-order valence-corrected chi connectivity index (χ2v) is 6.91. The number of fused-ring (bicyclic) bond motifs is 1. The molecule has 1 fully saturated rings. The minimum Gasteiger partial charge on any atom is -0.385 e. The Kier molecular flexibility index (Phi) is 3.87. The number of aliphatic hydroxyl groups is 1. The van der Waals surface area contributed by atoms with Gasteiger partial charge in [0.15, 0.2) is 0 Å². The lowest BCUT2D eigenvalue weighted by Gasteiger charge is -2.35. The maximum Gasteiger partial charge on any atom is 0.109 e. The van der Waals surface area contributed by atoms with Crippen molar-refractivity contribution in [2.24, 2.45) is 5.92 Å². The van der Waals surface area contributed by atoms with Gasteiger partial charge in [0, 0.05) is 32.3 Å². The van der Waals surface area contributed by atoms with Crippen LogP contribution in [0.4, 0.5) is 0 Å². The molecule has 1 atom stereocenters. The van der Waals surface area contributed by atoms with Crippen LogP contribution in [0.5, 0.6) is 0 Å². The van der Waals surface area contributed by atoms with Gasteiger partial charge in [0.1, 0.15) is 6.10 Å². The van der Waals surface area contributed by atoms with E-state index in [4.69, 9.17) is 0 Å². The van der Waals surface area contributed by atoms with E-state index in [-0.39, 0.29) is 0 Å². The molecule has 23 heavy (non-hydrogen) atoms. The first-order chi connectivity index (χ1) is 11.2. The van der Waals surface area contributed by atoms with Crippen molar-refractivity contribution in [3.8, 4) is 0 Å². The van der Waals surface area contributed by atoms with Crippen molar-refractivity contribution in [2.45, 2.75) is 44.9 Å². The first-order valence-electron chi connectivity index (χ1n) is 8.45. The van der Waals surface area contributed by atoms with Crippen molar-refractivity contribution in [2.75, 3.05) is 13.1 Å². The first-order valence-corrected chi connectivity index (χ1v) is 8.45. The highest BCUT2D eigenvalue weighted by atomic mass is 16.3. The molecule has 0 amide bonds. The molecular formula is C17H23N5O. The lowest BCUT2D eigenvalue weighted by Crippen LogP contribution is -2.36. The van der Waals surface area contributed by atoms with E-state index in [0.717, 1.165) is 36.8 Å². The van der Waals surface area contributed by atoms with Gasteiger partial charge in [-0.2, -0.15) is 0 Å². The van der Waals surface area contributed by atoms with Crippen molar-refractivity contribution < 1.29 is 5.11 Å². The second-order valence-electron chi connectivity index (χ2n) is 6.91. The van der Waals surface area contributed by atoms with Gasteiger partial charge in [-0.15, -0.1) is 5.10 Å². The molecule has 1 saturated carbocycles. The molecule has 1 N–H and O–H groups in total. The van der Waals surface area contributed by atoms with Crippen LogP contribution in [0.3, 0.4) is 0 Å². The normalized spacial score (nSPS) is 25.7. The van der Waals surface area contributed by atoms with Gasteiger partial charge < -0.3 is 5.11 Å². The summed E-state index contributed by atoms with van der Waals surface area (Å²) in [5.41, 5.74) is 3.10. The largest absolute Gasteiger partial charge is 0.385 e. The highest BCUT2D eigenvalue weighted by molar-refractivity contribution is 5.16. The summed E-state index contributed by atoms with van der Waals surface area (Å²) in [6.45, 7) is 4.62. The molecule has 0 aromatic carbocycles. The Bertz CT molecular complexity index is 665. The Hall–Kier alpha value is -1.79. The fourth-order valence-corrected chi connectivity index (χ4v) is 3.68. The number of pyridine rings is 1. The number of aromatic nitrogens is 4. The number of nitrogens with zero attached hydrogens (tertiary/aromatic N) is 5. The van der Waals surface area contributed by atoms with Crippen molar-refractivity contribution in [3.05, 3.63) is 41.5 Å². The van der Waals surface area contributed by atoms with Crippen LogP contribution in [-0.2, 0) is 13.0 Å². The average Bonchev–Trinajstić information content (AvgIpc) is 2.95. The van der Waals surface area contributed by atoms with Crippen LogP contribution >= 0.6 is 0 Å². The van der Waals surface area contributed by atoms with Crippen LogP contribution in [0.15, 0.2) is 24.4 Å². The van der Waals surface area contributed by atoms with E-state index in [1.165, 1.54) is 18.5 Å². The lowest BCUT2D eigenvalue weighted by atomic mass is 9.82. The smallest absolute Gasteiger partial charge is 0.109 e. The SMILES string of the molecule is CC1CC(n2nnc3c2CN(CC(O)c2ccccn2)CC3)C1. The maximum absolute atomic E-state index is 10.4. The quantitative estimate of drug-likeness (QED) is 0.931. The van der Waals surface area contributed by atoms with E-state index in [2.05, 4.69) is 31.8 Å². The summed E-state index contributed by atoms with van der Waals surface area (Å²) in [6.07, 6.45) is 4.49. The van der Waals surface area contributed by atoms with Gasteiger partial charge in [-0.25, -0.2) is 4.68 Å². The monoisotopic (exact) mass is 313 g/mol. The summed E-state index contributed by atoms with van der Waals surface area (Å²) >= 11 is 0. The number of rotatable bonds is 4. The molecule has 0 saturated heterocycles.